The molecule has 0 fully saturated rings. The van der Waals surface area contributed by atoms with Gasteiger partial charge < -0.3 is 0 Å². The fourth-order valence-electron chi connectivity index (χ4n) is 2.07. The normalized spacial score (nSPS) is 9.56. The van der Waals surface area contributed by atoms with Crippen molar-refractivity contribution in [2.75, 3.05) is 0 Å². The van der Waals surface area contributed by atoms with E-state index in [2.05, 4.69) is 23.7 Å². The van der Waals surface area contributed by atoms with Crippen molar-refractivity contribution in [1.29, 1.82) is 0 Å². The van der Waals surface area contributed by atoms with E-state index in [1.165, 1.54) is 24.3 Å². The Morgan fingerprint density at radius 2 is 1.00 bits per heavy atom. The van der Waals surface area contributed by atoms with Gasteiger partial charge in [0.15, 0.2) is 0 Å². The Morgan fingerprint density at radius 3 is 1.52 bits per heavy atom. The maximum Gasteiger partial charge on any atom is 0.140 e. The third-order valence-corrected chi connectivity index (χ3v) is 3.36. The predicted molar refractivity (Wildman–Crippen MR) is 91.2 cm³/mol. The molecule has 0 spiro atoms. The number of hydrogen-bond donors (Lipinski definition) is 0. The summed E-state index contributed by atoms with van der Waals surface area (Å²) in [6, 6.07) is 16.5. The molecule has 120 valence electrons. The van der Waals surface area contributed by atoms with Gasteiger partial charge in [0.25, 0.3) is 0 Å². The minimum Gasteiger partial charge on any atom is -0.207 e. The maximum atomic E-state index is 14.1. The number of rotatable bonds is 0. The van der Waals surface area contributed by atoms with E-state index in [0.29, 0.717) is 11.1 Å². The Morgan fingerprint density at radius 1 is 0.520 bits per heavy atom. The highest BCUT2D eigenvalue weighted by Crippen LogP contribution is 2.14. The number of benzene rings is 3. The van der Waals surface area contributed by atoms with Crippen LogP contribution in [-0.2, 0) is 0 Å². The third kappa shape index (κ3) is 4.31. The first-order chi connectivity index (χ1) is 12.1. The van der Waals surface area contributed by atoms with Crippen LogP contribution in [0.4, 0.5) is 13.2 Å². The first-order valence-corrected chi connectivity index (χ1v) is 7.45. The van der Waals surface area contributed by atoms with E-state index in [1.54, 1.807) is 12.1 Å². The van der Waals surface area contributed by atoms with E-state index in [0.717, 1.165) is 12.1 Å². The van der Waals surface area contributed by atoms with Crippen molar-refractivity contribution in [3.05, 3.63) is 106 Å². The van der Waals surface area contributed by atoms with Gasteiger partial charge in [0.05, 0.1) is 11.1 Å². The van der Waals surface area contributed by atoms with Gasteiger partial charge in [-0.05, 0) is 48.5 Å². The van der Waals surface area contributed by atoms with Gasteiger partial charge in [-0.2, -0.15) is 0 Å². The number of hydrogen-bond acceptors (Lipinski definition) is 0. The highest BCUT2D eigenvalue weighted by atomic mass is 19.1. The maximum absolute atomic E-state index is 14.1. The second-order valence-corrected chi connectivity index (χ2v) is 5.18. The fourth-order valence-corrected chi connectivity index (χ4v) is 2.07. The lowest BCUT2D eigenvalue weighted by Crippen LogP contribution is -1.91. The van der Waals surface area contributed by atoms with Crippen molar-refractivity contribution in [3.8, 4) is 23.7 Å². The second-order valence-electron chi connectivity index (χ2n) is 5.18. The first-order valence-electron chi connectivity index (χ1n) is 7.45. The average Bonchev–Trinajstić information content (AvgIpc) is 2.63. The molecule has 0 aliphatic heterocycles. The third-order valence-electron chi connectivity index (χ3n) is 3.36. The molecule has 0 aliphatic carbocycles. The molecular formula is C22H11F3. The molecule has 0 aliphatic rings. The van der Waals surface area contributed by atoms with Crippen molar-refractivity contribution in [3.63, 3.8) is 0 Å². The van der Waals surface area contributed by atoms with Gasteiger partial charge in [-0.3, -0.25) is 0 Å². The van der Waals surface area contributed by atoms with E-state index >= 15 is 0 Å². The van der Waals surface area contributed by atoms with Crippen LogP contribution < -0.4 is 0 Å². The van der Waals surface area contributed by atoms with Gasteiger partial charge in [-0.25, -0.2) is 13.2 Å². The molecule has 0 aromatic heterocycles. The van der Waals surface area contributed by atoms with E-state index < -0.39 is 11.6 Å². The summed E-state index contributed by atoms with van der Waals surface area (Å²) in [5, 5.41) is 0. The van der Waals surface area contributed by atoms with Crippen molar-refractivity contribution in [1.82, 2.24) is 0 Å². The van der Waals surface area contributed by atoms with Gasteiger partial charge in [0.2, 0.25) is 0 Å². The van der Waals surface area contributed by atoms with Crippen LogP contribution in [0.3, 0.4) is 0 Å². The van der Waals surface area contributed by atoms with Gasteiger partial charge in [0, 0.05) is 11.1 Å². The van der Waals surface area contributed by atoms with Gasteiger partial charge >= 0.3 is 0 Å². The van der Waals surface area contributed by atoms with E-state index in [4.69, 9.17) is 0 Å². The van der Waals surface area contributed by atoms with Crippen molar-refractivity contribution >= 4 is 0 Å². The molecular weight excluding hydrogens is 321 g/mol. The molecule has 0 bridgehead atoms. The summed E-state index contributed by atoms with van der Waals surface area (Å²) >= 11 is 0. The zero-order chi connectivity index (χ0) is 17.6. The van der Waals surface area contributed by atoms with E-state index in [9.17, 15) is 13.2 Å². The summed E-state index contributed by atoms with van der Waals surface area (Å²) in [7, 11) is 0. The Hall–Kier alpha value is -3.43. The smallest absolute Gasteiger partial charge is 0.140 e. The summed E-state index contributed by atoms with van der Waals surface area (Å²) in [6.45, 7) is 0. The molecule has 3 heteroatoms. The van der Waals surface area contributed by atoms with E-state index in [-0.39, 0.29) is 16.9 Å². The highest BCUT2D eigenvalue weighted by Gasteiger charge is 2.07. The molecule has 3 rings (SSSR count). The van der Waals surface area contributed by atoms with Gasteiger partial charge in [0.1, 0.15) is 17.5 Å². The molecule has 3 aromatic rings. The Kier molecular flexibility index (Phi) is 4.88. The van der Waals surface area contributed by atoms with Crippen LogP contribution in [0.5, 0.6) is 0 Å². The highest BCUT2D eigenvalue weighted by molar-refractivity contribution is 5.49. The monoisotopic (exact) mass is 332 g/mol. The standard InChI is InChI=1S/C22H11F3/c23-20-12-8-17(9-13-20)7-11-19-15-21(24)18(14-22(19)25)10-6-16-4-2-1-3-5-16/h1-5,8-9,12-15H. The summed E-state index contributed by atoms with van der Waals surface area (Å²) in [4.78, 5) is 0. The largest absolute Gasteiger partial charge is 0.207 e. The van der Waals surface area contributed by atoms with Crippen LogP contribution in [0.15, 0.2) is 66.7 Å². The minimum absolute atomic E-state index is 0.0336. The summed E-state index contributed by atoms with van der Waals surface area (Å²) < 4.78 is 41.1. The lowest BCUT2D eigenvalue weighted by atomic mass is 10.1. The predicted octanol–water partition coefficient (Wildman–Crippen LogP) is 4.90. The second kappa shape index (κ2) is 7.43. The molecule has 25 heavy (non-hydrogen) atoms. The molecule has 0 nitrogen and oxygen atoms in total. The van der Waals surface area contributed by atoms with Crippen LogP contribution in [-0.4, -0.2) is 0 Å². The molecule has 0 unspecified atom stereocenters. The molecule has 0 N–H and O–H groups in total. The van der Waals surface area contributed by atoms with E-state index in [1.807, 2.05) is 18.2 Å². The van der Waals surface area contributed by atoms with Gasteiger partial charge in [-0.1, -0.05) is 41.9 Å². The topological polar surface area (TPSA) is 0 Å². The molecule has 0 amide bonds. The summed E-state index contributed by atoms with van der Waals surface area (Å²) in [6.07, 6.45) is 0. The average molecular weight is 332 g/mol. The molecule has 3 aromatic carbocycles. The van der Waals surface area contributed by atoms with Crippen molar-refractivity contribution in [2.24, 2.45) is 0 Å². The van der Waals surface area contributed by atoms with Crippen LogP contribution >= 0.6 is 0 Å². The fraction of sp³-hybridized carbons (Fsp3) is 0. The lowest BCUT2D eigenvalue weighted by molar-refractivity contribution is 0.594. The quantitative estimate of drug-likeness (QED) is 0.514. The van der Waals surface area contributed by atoms with Crippen LogP contribution in [0.2, 0.25) is 0 Å². The van der Waals surface area contributed by atoms with Gasteiger partial charge in [-0.15, -0.1) is 0 Å². The zero-order valence-corrected chi connectivity index (χ0v) is 13.0. The molecule has 0 saturated carbocycles. The Bertz CT molecular complexity index is 1010. The first kappa shape index (κ1) is 16.4. The molecule has 0 radical (unpaired) electrons. The van der Waals surface area contributed by atoms with Crippen molar-refractivity contribution in [2.45, 2.75) is 0 Å². The molecule has 0 saturated heterocycles. The molecule has 0 heterocycles. The summed E-state index contributed by atoms with van der Waals surface area (Å²) in [5.41, 5.74) is 1.11. The van der Waals surface area contributed by atoms with Crippen molar-refractivity contribution < 1.29 is 13.2 Å². The molecule has 0 atom stereocenters. The van der Waals surface area contributed by atoms with Crippen LogP contribution in [0.1, 0.15) is 22.3 Å². The van der Waals surface area contributed by atoms with Crippen LogP contribution in [0, 0.1) is 41.1 Å². The number of halogens is 3. The SMILES string of the molecule is Fc1ccc(C#Cc2cc(F)c(C#Cc3ccccc3)cc2F)cc1. The lowest BCUT2D eigenvalue weighted by Gasteiger charge is -1.99. The minimum atomic E-state index is -0.659. The van der Waals surface area contributed by atoms with Crippen LogP contribution in [0.25, 0.3) is 0 Å². The zero-order valence-electron chi connectivity index (χ0n) is 13.0. The Balaban J connectivity index is 1.88. The summed E-state index contributed by atoms with van der Waals surface area (Å²) in [5.74, 6) is 8.95. The Labute approximate surface area is 144 Å².